The van der Waals surface area contributed by atoms with Gasteiger partial charge < -0.3 is 10.6 Å². The molecule has 2 amide bonds. The lowest BCUT2D eigenvalue weighted by Gasteiger charge is -2.08. The summed E-state index contributed by atoms with van der Waals surface area (Å²) in [5.41, 5.74) is 0.606. The number of nitrogens with one attached hydrogen (secondary N) is 2. The first-order valence-electron chi connectivity index (χ1n) is 6.70. The van der Waals surface area contributed by atoms with Crippen molar-refractivity contribution >= 4 is 29.1 Å². The Labute approximate surface area is 136 Å². The van der Waals surface area contributed by atoms with Gasteiger partial charge in [0, 0.05) is 17.8 Å². The van der Waals surface area contributed by atoms with E-state index in [0.717, 1.165) is 6.07 Å². The minimum Gasteiger partial charge on any atom is -0.351 e. The Hall–Kier alpha value is -2.47. The fraction of sp³-hybridized carbons (Fsp3) is 0.125. The van der Waals surface area contributed by atoms with Gasteiger partial charge in [-0.3, -0.25) is 9.59 Å². The maximum atomic E-state index is 13.4. The van der Waals surface area contributed by atoms with Crippen LogP contribution in [0.15, 0.2) is 42.5 Å². The molecule has 0 aliphatic carbocycles. The lowest BCUT2D eigenvalue weighted by molar-refractivity contribution is -0.126. The number of anilines is 1. The zero-order chi connectivity index (χ0) is 16.8. The molecule has 0 fully saturated rings. The van der Waals surface area contributed by atoms with Crippen LogP contribution >= 0.6 is 11.6 Å². The van der Waals surface area contributed by atoms with Gasteiger partial charge in [-0.15, -0.1) is 0 Å². The summed E-state index contributed by atoms with van der Waals surface area (Å²) in [6, 6.07) is 9.69. The number of amides is 2. The highest BCUT2D eigenvalue weighted by atomic mass is 35.5. The van der Waals surface area contributed by atoms with E-state index in [-0.39, 0.29) is 17.3 Å². The van der Waals surface area contributed by atoms with Crippen molar-refractivity contribution < 1.29 is 18.4 Å². The summed E-state index contributed by atoms with van der Waals surface area (Å²) in [4.78, 5) is 23.4. The van der Waals surface area contributed by atoms with Crippen LogP contribution in [0.3, 0.4) is 0 Å². The molecule has 0 unspecified atom stereocenters. The third kappa shape index (κ3) is 5.03. The Kier molecular flexibility index (Phi) is 5.65. The first kappa shape index (κ1) is 16.9. The second-order valence-electron chi connectivity index (χ2n) is 4.72. The van der Waals surface area contributed by atoms with Crippen LogP contribution in [0.1, 0.15) is 12.0 Å². The number of carbonyl (C=O) groups is 2. The maximum Gasteiger partial charge on any atom is 0.233 e. The van der Waals surface area contributed by atoms with Gasteiger partial charge in [-0.1, -0.05) is 29.8 Å². The van der Waals surface area contributed by atoms with Crippen LogP contribution in [-0.2, 0) is 16.1 Å². The zero-order valence-corrected chi connectivity index (χ0v) is 12.7. The summed E-state index contributed by atoms with van der Waals surface area (Å²) >= 11 is 5.59. The van der Waals surface area contributed by atoms with Gasteiger partial charge in [0.2, 0.25) is 11.8 Å². The number of hydrogen-bond donors (Lipinski definition) is 2. The van der Waals surface area contributed by atoms with E-state index in [1.165, 1.54) is 24.3 Å². The summed E-state index contributed by atoms with van der Waals surface area (Å²) in [6.45, 7) is -0.0127. The quantitative estimate of drug-likeness (QED) is 0.822. The van der Waals surface area contributed by atoms with Crippen molar-refractivity contribution in [2.75, 3.05) is 5.32 Å². The number of hydrogen-bond acceptors (Lipinski definition) is 2. The fourth-order valence-corrected chi connectivity index (χ4v) is 2.00. The number of halogens is 3. The number of rotatable bonds is 5. The van der Waals surface area contributed by atoms with E-state index in [2.05, 4.69) is 10.6 Å². The summed E-state index contributed by atoms with van der Waals surface area (Å²) in [5, 5.41) is 4.74. The molecule has 2 aromatic rings. The molecule has 0 aliphatic heterocycles. The van der Waals surface area contributed by atoms with Gasteiger partial charge in [-0.25, -0.2) is 8.78 Å². The van der Waals surface area contributed by atoms with Crippen LogP contribution in [-0.4, -0.2) is 11.8 Å². The minimum atomic E-state index is -0.604. The molecule has 0 aliphatic rings. The molecular weight excluding hydrogens is 326 g/mol. The maximum absolute atomic E-state index is 13.4. The molecule has 7 heteroatoms. The zero-order valence-electron chi connectivity index (χ0n) is 11.9. The molecular formula is C16H13ClF2N2O2. The highest BCUT2D eigenvalue weighted by Gasteiger charge is 2.11. The molecule has 23 heavy (non-hydrogen) atoms. The van der Waals surface area contributed by atoms with Gasteiger partial charge in [0.15, 0.2) is 0 Å². The third-order valence-electron chi connectivity index (χ3n) is 2.96. The second kappa shape index (κ2) is 7.69. The van der Waals surface area contributed by atoms with Crippen molar-refractivity contribution in [1.82, 2.24) is 5.32 Å². The van der Waals surface area contributed by atoms with E-state index in [0.29, 0.717) is 5.56 Å². The Morgan fingerprint density at radius 1 is 1.00 bits per heavy atom. The lowest BCUT2D eigenvalue weighted by Crippen LogP contribution is -2.28. The molecule has 0 saturated heterocycles. The third-order valence-corrected chi connectivity index (χ3v) is 3.25. The molecule has 0 bridgehead atoms. The van der Waals surface area contributed by atoms with Crippen molar-refractivity contribution in [3.63, 3.8) is 0 Å². The average molecular weight is 339 g/mol. The average Bonchev–Trinajstić information content (AvgIpc) is 2.50. The topological polar surface area (TPSA) is 58.2 Å². The van der Waals surface area contributed by atoms with Gasteiger partial charge in [0.1, 0.15) is 18.1 Å². The molecule has 0 saturated carbocycles. The van der Waals surface area contributed by atoms with Crippen LogP contribution in [0, 0.1) is 11.6 Å². The van der Waals surface area contributed by atoms with Crippen molar-refractivity contribution in [1.29, 1.82) is 0 Å². The first-order valence-corrected chi connectivity index (χ1v) is 7.08. The van der Waals surface area contributed by atoms with Gasteiger partial charge in [-0.05, 0) is 24.3 Å². The molecule has 2 rings (SSSR count). The molecule has 0 aromatic heterocycles. The SMILES string of the molecule is O=C(CC(=O)Nc1ccc(F)c(Cl)c1)NCc1ccccc1F. The summed E-state index contributed by atoms with van der Waals surface area (Å²) in [5.74, 6) is -2.18. The predicted molar refractivity (Wildman–Crippen MR) is 82.9 cm³/mol. The van der Waals surface area contributed by atoms with Crippen LogP contribution in [0.25, 0.3) is 0 Å². The fourth-order valence-electron chi connectivity index (χ4n) is 1.82. The Morgan fingerprint density at radius 3 is 2.43 bits per heavy atom. The predicted octanol–water partition coefficient (Wildman–Crippen LogP) is 3.26. The standard InChI is InChI=1S/C16H13ClF2N2O2/c17-12-7-11(5-6-14(12)19)21-16(23)8-15(22)20-9-10-3-1-2-4-13(10)18/h1-7H,8-9H2,(H,20,22)(H,21,23). The molecule has 120 valence electrons. The van der Waals surface area contributed by atoms with E-state index in [9.17, 15) is 18.4 Å². The Morgan fingerprint density at radius 2 is 1.74 bits per heavy atom. The molecule has 0 atom stereocenters. The Bertz CT molecular complexity index is 738. The van der Waals surface area contributed by atoms with Crippen LogP contribution in [0.5, 0.6) is 0 Å². The van der Waals surface area contributed by atoms with Crippen molar-refractivity contribution in [2.45, 2.75) is 13.0 Å². The van der Waals surface area contributed by atoms with E-state index in [1.807, 2.05) is 0 Å². The van der Waals surface area contributed by atoms with E-state index < -0.39 is 29.9 Å². The minimum absolute atomic E-state index is 0.0127. The van der Waals surface area contributed by atoms with Gasteiger partial charge in [-0.2, -0.15) is 0 Å². The van der Waals surface area contributed by atoms with Gasteiger partial charge >= 0.3 is 0 Å². The summed E-state index contributed by atoms with van der Waals surface area (Å²) in [7, 11) is 0. The largest absolute Gasteiger partial charge is 0.351 e. The molecule has 0 heterocycles. The van der Waals surface area contributed by atoms with E-state index >= 15 is 0 Å². The summed E-state index contributed by atoms with van der Waals surface area (Å²) in [6.07, 6.45) is -0.441. The second-order valence-corrected chi connectivity index (χ2v) is 5.13. The van der Waals surface area contributed by atoms with Crippen LogP contribution in [0.4, 0.5) is 14.5 Å². The Balaban J connectivity index is 1.84. The monoisotopic (exact) mass is 338 g/mol. The van der Waals surface area contributed by atoms with Crippen molar-refractivity contribution in [3.8, 4) is 0 Å². The summed E-state index contributed by atoms with van der Waals surface area (Å²) < 4.78 is 26.4. The van der Waals surface area contributed by atoms with Crippen molar-refractivity contribution in [2.24, 2.45) is 0 Å². The number of carbonyl (C=O) groups excluding carboxylic acids is 2. The van der Waals surface area contributed by atoms with E-state index in [4.69, 9.17) is 11.6 Å². The highest BCUT2D eigenvalue weighted by Crippen LogP contribution is 2.19. The molecule has 2 aromatic carbocycles. The lowest BCUT2D eigenvalue weighted by atomic mass is 10.2. The van der Waals surface area contributed by atoms with Crippen LogP contribution in [0.2, 0.25) is 5.02 Å². The van der Waals surface area contributed by atoms with E-state index in [1.54, 1.807) is 12.1 Å². The van der Waals surface area contributed by atoms with Gasteiger partial charge in [0.05, 0.1) is 5.02 Å². The first-order chi connectivity index (χ1) is 11.0. The highest BCUT2D eigenvalue weighted by molar-refractivity contribution is 6.31. The molecule has 2 N–H and O–H groups in total. The molecule has 4 nitrogen and oxygen atoms in total. The molecule has 0 radical (unpaired) electrons. The van der Waals surface area contributed by atoms with Gasteiger partial charge in [0.25, 0.3) is 0 Å². The number of benzene rings is 2. The van der Waals surface area contributed by atoms with Crippen molar-refractivity contribution in [3.05, 3.63) is 64.7 Å². The van der Waals surface area contributed by atoms with Crippen LogP contribution < -0.4 is 10.6 Å². The normalized spacial score (nSPS) is 10.2. The smallest absolute Gasteiger partial charge is 0.233 e. The molecule has 0 spiro atoms.